The van der Waals surface area contributed by atoms with Gasteiger partial charge in [-0.3, -0.25) is 4.79 Å². The Balaban J connectivity index is 2.72. The van der Waals surface area contributed by atoms with Crippen molar-refractivity contribution in [1.82, 2.24) is 0 Å². The lowest BCUT2D eigenvalue weighted by molar-refractivity contribution is 0.101. The van der Waals surface area contributed by atoms with Gasteiger partial charge < -0.3 is 9.47 Å². The predicted molar refractivity (Wildman–Crippen MR) is 67.1 cm³/mol. The summed E-state index contributed by atoms with van der Waals surface area (Å²) in [4.78, 5) is 11.4. The van der Waals surface area contributed by atoms with Crippen LogP contribution in [0.3, 0.4) is 0 Å². The molecule has 0 aliphatic carbocycles. The van der Waals surface area contributed by atoms with Crippen molar-refractivity contribution in [1.29, 1.82) is 0 Å². The van der Waals surface area contributed by atoms with Crippen molar-refractivity contribution in [2.24, 2.45) is 0 Å². The third kappa shape index (κ3) is 2.09. The van der Waals surface area contributed by atoms with E-state index in [0.717, 1.165) is 16.5 Å². The van der Waals surface area contributed by atoms with Crippen molar-refractivity contribution in [3.05, 3.63) is 35.9 Å². The van der Waals surface area contributed by atoms with Crippen molar-refractivity contribution in [2.45, 2.75) is 6.92 Å². The highest BCUT2D eigenvalue weighted by Crippen LogP contribution is 2.30. The fraction of sp³-hybridized carbons (Fsp3) is 0.214. The van der Waals surface area contributed by atoms with E-state index in [2.05, 4.69) is 0 Å². The summed E-state index contributed by atoms with van der Waals surface area (Å²) in [6, 6.07) is 9.30. The van der Waals surface area contributed by atoms with Gasteiger partial charge in [-0.15, -0.1) is 0 Å². The molecule has 0 saturated carbocycles. The second-order valence-electron chi connectivity index (χ2n) is 3.82. The van der Waals surface area contributed by atoms with Crippen LogP contribution in [0.5, 0.6) is 11.5 Å². The summed E-state index contributed by atoms with van der Waals surface area (Å²) in [5, 5.41) is 1.91. The summed E-state index contributed by atoms with van der Waals surface area (Å²) in [6.07, 6.45) is 0. The fourth-order valence-corrected chi connectivity index (χ4v) is 1.80. The molecule has 0 aliphatic heterocycles. The van der Waals surface area contributed by atoms with Gasteiger partial charge in [-0.1, -0.05) is 6.07 Å². The minimum Gasteiger partial charge on any atom is -0.497 e. The zero-order valence-electron chi connectivity index (χ0n) is 10.1. The molecule has 0 aliphatic rings. The molecule has 2 aromatic carbocycles. The van der Waals surface area contributed by atoms with Gasteiger partial charge in [0, 0.05) is 10.9 Å². The molecular formula is C14H14O3. The third-order valence-electron chi connectivity index (χ3n) is 2.75. The Labute approximate surface area is 100.0 Å². The van der Waals surface area contributed by atoms with Crippen LogP contribution < -0.4 is 9.47 Å². The van der Waals surface area contributed by atoms with Gasteiger partial charge in [0.05, 0.1) is 14.2 Å². The van der Waals surface area contributed by atoms with Crippen LogP contribution in [0.15, 0.2) is 30.3 Å². The first-order valence-corrected chi connectivity index (χ1v) is 5.32. The topological polar surface area (TPSA) is 35.5 Å². The van der Waals surface area contributed by atoms with E-state index in [4.69, 9.17) is 9.47 Å². The van der Waals surface area contributed by atoms with Gasteiger partial charge in [0.25, 0.3) is 0 Å². The van der Waals surface area contributed by atoms with Crippen LogP contribution in [0, 0.1) is 0 Å². The van der Waals surface area contributed by atoms with E-state index in [9.17, 15) is 4.79 Å². The van der Waals surface area contributed by atoms with Crippen LogP contribution in [0.4, 0.5) is 0 Å². The SMILES string of the molecule is COc1ccc2cc(C(C)=O)cc(OC)c2c1. The molecular weight excluding hydrogens is 216 g/mol. The number of fused-ring (bicyclic) bond motifs is 1. The molecule has 3 nitrogen and oxygen atoms in total. The van der Waals surface area contributed by atoms with Crippen molar-refractivity contribution in [2.75, 3.05) is 14.2 Å². The highest BCUT2D eigenvalue weighted by molar-refractivity contribution is 6.01. The summed E-state index contributed by atoms with van der Waals surface area (Å²) in [5.41, 5.74) is 0.652. The van der Waals surface area contributed by atoms with Gasteiger partial charge in [-0.05, 0) is 36.6 Å². The average Bonchev–Trinajstić information content (AvgIpc) is 2.36. The van der Waals surface area contributed by atoms with Gasteiger partial charge in [-0.2, -0.15) is 0 Å². The second-order valence-corrected chi connectivity index (χ2v) is 3.82. The predicted octanol–water partition coefficient (Wildman–Crippen LogP) is 3.06. The number of hydrogen-bond acceptors (Lipinski definition) is 3. The number of carbonyl (C=O) groups excluding carboxylic acids is 1. The first-order valence-electron chi connectivity index (χ1n) is 5.32. The maximum atomic E-state index is 11.4. The van der Waals surface area contributed by atoms with E-state index in [0.29, 0.717) is 11.3 Å². The van der Waals surface area contributed by atoms with Crippen molar-refractivity contribution >= 4 is 16.6 Å². The van der Waals surface area contributed by atoms with Gasteiger partial charge in [-0.25, -0.2) is 0 Å². The van der Waals surface area contributed by atoms with E-state index < -0.39 is 0 Å². The lowest BCUT2D eigenvalue weighted by Crippen LogP contribution is -1.95. The average molecular weight is 230 g/mol. The van der Waals surface area contributed by atoms with Crippen molar-refractivity contribution < 1.29 is 14.3 Å². The summed E-state index contributed by atoms with van der Waals surface area (Å²) >= 11 is 0. The first kappa shape index (κ1) is 11.5. The van der Waals surface area contributed by atoms with Crippen molar-refractivity contribution in [3.8, 4) is 11.5 Å². The van der Waals surface area contributed by atoms with Gasteiger partial charge in [0.15, 0.2) is 5.78 Å². The first-order chi connectivity index (χ1) is 8.15. The Morgan fingerprint density at radius 2 is 1.82 bits per heavy atom. The van der Waals surface area contributed by atoms with Gasteiger partial charge in [0.2, 0.25) is 0 Å². The van der Waals surface area contributed by atoms with E-state index in [-0.39, 0.29) is 5.78 Å². The highest BCUT2D eigenvalue weighted by atomic mass is 16.5. The number of Topliss-reactive ketones (excluding diaryl/α,β-unsaturated/α-hetero) is 1. The minimum atomic E-state index is 0.0287. The molecule has 0 bridgehead atoms. The maximum Gasteiger partial charge on any atom is 0.159 e. The van der Waals surface area contributed by atoms with E-state index in [1.807, 2.05) is 24.3 Å². The molecule has 0 unspecified atom stereocenters. The third-order valence-corrected chi connectivity index (χ3v) is 2.75. The molecule has 0 aromatic heterocycles. The molecule has 17 heavy (non-hydrogen) atoms. The normalized spacial score (nSPS) is 10.3. The maximum absolute atomic E-state index is 11.4. The number of ether oxygens (including phenoxy) is 2. The molecule has 0 spiro atoms. The quantitative estimate of drug-likeness (QED) is 0.760. The lowest BCUT2D eigenvalue weighted by atomic mass is 10.0. The summed E-state index contributed by atoms with van der Waals surface area (Å²) in [6.45, 7) is 1.55. The zero-order valence-corrected chi connectivity index (χ0v) is 10.1. The molecule has 88 valence electrons. The number of methoxy groups -OCH3 is 2. The number of rotatable bonds is 3. The van der Waals surface area contributed by atoms with Gasteiger partial charge in [0.1, 0.15) is 11.5 Å². The van der Waals surface area contributed by atoms with Crippen LogP contribution in [0.2, 0.25) is 0 Å². The molecule has 0 atom stereocenters. The molecule has 0 N–H and O–H groups in total. The molecule has 2 rings (SSSR count). The molecule has 0 radical (unpaired) electrons. The molecule has 0 amide bonds. The Morgan fingerprint density at radius 3 is 2.41 bits per heavy atom. The Hall–Kier alpha value is -2.03. The highest BCUT2D eigenvalue weighted by Gasteiger charge is 2.08. The van der Waals surface area contributed by atoms with Crippen LogP contribution in [0.25, 0.3) is 10.8 Å². The zero-order chi connectivity index (χ0) is 12.4. The number of benzene rings is 2. The van der Waals surface area contributed by atoms with Gasteiger partial charge >= 0.3 is 0 Å². The second kappa shape index (κ2) is 4.45. The molecule has 3 heteroatoms. The Bertz CT molecular complexity index is 573. The standard InChI is InChI=1S/C14H14O3/c1-9(15)11-6-10-4-5-12(16-2)8-13(10)14(7-11)17-3/h4-8H,1-3H3. The van der Waals surface area contributed by atoms with E-state index in [1.165, 1.54) is 0 Å². The van der Waals surface area contributed by atoms with Crippen molar-refractivity contribution in [3.63, 3.8) is 0 Å². The molecule has 2 aromatic rings. The molecule has 0 saturated heterocycles. The lowest BCUT2D eigenvalue weighted by Gasteiger charge is -2.09. The van der Waals surface area contributed by atoms with E-state index in [1.54, 1.807) is 27.2 Å². The summed E-state index contributed by atoms with van der Waals surface area (Å²) in [7, 11) is 3.22. The van der Waals surface area contributed by atoms with Crippen LogP contribution in [-0.4, -0.2) is 20.0 Å². The van der Waals surface area contributed by atoms with Crippen LogP contribution in [-0.2, 0) is 0 Å². The Kier molecular flexibility index (Phi) is 3.00. The van der Waals surface area contributed by atoms with Crippen LogP contribution >= 0.6 is 0 Å². The number of hydrogen-bond donors (Lipinski definition) is 0. The summed E-state index contributed by atoms with van der Waals surface area (Å²) < 4.78 is 10.5. The monoisotopic (exact) mass is 230 g/mol. The summed E-state index contributed by atoms with van der Waals surface area (Å²) in [5.74, 6) is 1.49. The minimum absolute atomic E-state index is 0.0287. The van der Waals surface area contributed by atoms with Crippen LogP contribution in [0.1, 0.15) is 17.3 Å². The molecule has 0 fully saturated rings. The number of carbonyl (C=O) groups is 1. The fourth-order valence-electron chi connectivity index (χ4n) is 1.80. The smallest absolute Gasteiger partial charge is 0.159 e. The van der Waals surface area contributed by atoms with E-state index >= 15 is 0 Å². The largest absolute Gasteiger partial charge is 0.497 e. The number of ketones is 1. The Morgan fingerprint density at radius 1 is 1.06 bits per heavy atom. The molecule has 0 heterocycles.